The lowest BCUT2D eigenvalue weighted by Gasteiger charge is -2.55. The van der Waals surface area contributed by atoms with Crippen molar-refractivity contribution in [1.29, 1.82) is 0 Å². The molecule has 2 aliphatic carbocycles. The van der Waals surface area contributed by atoms with Crippen LogP contribution in [0.3, 0.4) is 0 Å². The van der Waals surface area contributed by atoms with Gasteiger partial charge in [0.2, 0.25) is 0 Å². The van der Waals surface area contributed by atoms with Crippen LogP contribution in [0.25, 0.3) is 0 Å². The van der Waals surface area contributed by atoms with Gasteiger partial charge in [0.05, 0.1) is 6.10 Å². The van der Waals surface area contributed by atoms with E-state index in [1.54, 1.807) is 0 Å². The third-order valence-corrected chi connectivity index (χ3v) is 6.48. The number of aromatic hydroxyl groups is 1. The second kappa shape index (κ2) is 4.99. The fourth-order valence-electron chi connectivity index (χ4n) is 5.45. The average Bonchev–Trinajstić information content (AvgIpc) is 2.40. The SMILES string of the molecule is CC(C)c1c(O)ccc2c1C(O)CC1C(C)(C)CCCC21C. The Morgan fingerprint density at radius 1 is 1.14 bits per heavy atom. The number of aliphatic hydroxyl groups excluding tert-OH is 1. The van der Waals surface area contributed by atoms with Crippen LogP contribution in [0.15, 0.2) is 12.1 Å². The maximum Gasteiger partial charge on any atom is 0.119 e. The average molecular weight is 302 g/mol. The van der Waals surface area contributed by atoms with Crippen molar-refractivity contribution in [3.05, 3.63) is 28.8 Å². The zero-order chi connectivity index (χ0) is 16.3. The predicted molar refractivity (Wildman–Crippen MR) is 90.2 cm³/mol. The van der Waals surface area contributed by atoms with Crippen LogP contribution in [0.1, 0.15) is 89.0 Å². The first-order chi connectivity index (χ1) is 10.2. The summed E-state index contributed by atoms with van der Waals surface area (Å²) in [5.41, 5.74) is 3.64. The Morgan fingerprint density at radius 2 is 1.82 bits per heavy atom. The monoisotopic (exact) mass is 302 g/mol. The van der Waals surface area contributed by atoms with E-state index >= 15 is 0 Å². The first-order valence-electron chi connectivity index (χ1n) is 8.73. The summed E-state index contributed by atoms with van der Waals surface area (Å²) in [6.07, 6.45) is 4.04. The van der Waals surface area contributed by atoms with Crippen LogP contribution in [-0.4, -0.2) is 10.2 Å². The van der Waals surface area contributed by atoms with Crippen molar-refractivity contribution in [2.45, 2.75) is 77.7 Å². The fourth-order valence-corrected chi connectivity index (χ4v) is 5.45. The van der Waals surface area contributed by atoms with Gasteiger partial charge in [0, 0.05) is 5.56 Å². The van der Waals surface area contributed by atoms with Crippen molar-refractivity contribution in [3.8, 4) is 5.75 Å². The van der Waals surface area contributed by atoms with E-state index in [0.29, 0.717) is 11.7 Å². The molecule has 1 aromatic rings. The van der Waals surface area contributed by atoms with Gasteiger partial charge in [0.25, 0.3) is 0 Å². The molecule has 22 heavy (non-hydrogen) atoms. The summed E-state index contributed by atoms with van der Waals surface area (Å²) in [6.45, 7) is 11.3. The summed E-state index contributed by atoms with van der Waals surface area (Å²) in [6, 6.07) is 3.92. The molecule has 2 heteroatoms. The Kier molecular flexibility index (Phi) is 3.60. The first-order valence-corrected chi connectivity index (χ1v) is 8.73. The lowest BCUT2D eigenvalue weighted by atomic mass is 9.49. The van der Waals surface area contributed by atoms with Crippen LogP contribution in [0.5, 0.6) is 5.75 Å². The van der Waals surface area contributed by atoms with Gasteiger partial charge in [-0.05, 0) is 59.1 Å². The zero-order valence-corrected chi connectivity index (χ0v) is 14.6. The number of hydrogen-bond donors (Lipinski definition) is 2. The minimum absolute atomic E-state index is 0.119. The Balaban J connectivity index is 2.24. The van der Waals surface area contributed by atoms with Gasteiger partial charge in [-0.3, -0.25) is 0 Å². The normalized spacial score (nSPS) is 33.4. The quantitative estimate of drug-likeness (QED) is 0.763. The number of benzene rings is 1. The fraction of sp³-hybridized carbons (Fsp3) is 0.700. The molecule has 0 heterocycles. The van der Waals surface area contributed by atoms with Crippen LogP contribution >= 0.6 is 0 Å². The van der Waals surface area contributed by atoms with Gasteiger partial charge in [-0.15, -0.1) is 0 Å². The number of hydrogen-bond acceptors (Lipinski definition) is 2. The molecule has 1 aromatic carbocycles. The smallest absolute Gasteiger partial charge is 0.119 e. The van der Waals surface area contributed by atoms with Crippen molar-refractivity contribution < 1.29 is 10.2 Å². The molecule has 3 unspecified atom stereocenters. The first kappa shape index (κ1) is 15.9. The van der Waals surface area contributed by atoms with E-state index in [-0.39, 0.29) is 16.7 Å². The molecule has 122 valence electrons. The highest BCUT2D eigenvalue weighted by molar-refractivity contribution is 5.52. The van der Waals surface area contributed by atoms with E-state index in [1.807, 2.05) is 6.07 Å². The molecule has 0 amide bonds. The Labute approximate surface area is 134 Å². The molecule has 0 saturated heterocycles. The molecule has 2 nitrogen and oxygen atoms in total. The lowest BCUT2D eigenvalue weighted by molar-refractivity contribution is -0.00733. The maximum absolute atomic E-state index is 10.9. The van der Waals surface area contributed by atoms with Crippen molar-refractivity contribution in [3.63, 3.8) is 0 Å². The van der Waals surface area contributed by atoms with E-state index in [9.17, 15) is 10.2 Å². The topological polar surface area (TPSA) is 40.5 Å². The summed E-state index contributed by atoms with van der Waals surface area (Å²) in [5, 5.41) is 21.2. The van der Waals surface area contributed by atoms with E-state index in [1.165, 1.54) is 24.8 Å². The Hall–Kier alpha value is -1.02. The van der Waals surface area contributed by atoms with Crippen LogP contribution in [0, 0.1) is 11.3 Å². The largest absolute Gasteiger partial charge is 0.508 e. The molecular weight excluding hydrogens is 272 g/mol. The van der Waals surface area contributed by atoms with Crippen molar-refractivity contribution in [1.82, 2.24) is 0 Å². The second-order valence-corrected chi connectivity index (χ2v) is 8.68. The summed E-state index contributed by atoms with van der Waals surface area (Å²) in [7, 11) is 0. The molecule has 0 radical (unpaired) electrons. The summed E-state index contributed by atoms with van der Waals surface area (Å²) in [5.74, 6) is 1.06. The number of phenolic OH excluding ortho intramolecular Hbond substituents is 1. The zero-order valence-electron chi connectivity index (χ0n) is 14.6. The number of aliphatic hydroxyl groups is 1. The molecule has 0 spiro atoms. The molecule has 0 bridgehead atoms. The highest BCUT2D eigenvalue weighted by atomic mass is 16.3. The van der Waals surface area contributed by atoms with Gasteiger partial charge in [-0.2, -0.15) is 0 Å². The predicted octanol–water partition coefficient (Wildman–Crippen LogP) is 5.04. The molecule has 0 aromatic heterocycles. The van der Waals surface area contributed by atoms with Gasteiger partial charge in [-0.25, -0.2) is 0 Å². The lowest BCUT2D eigenvalue weighted by Crippen LogP contribution is -2.49. The van der Waals surface area contributed by atoms with Crippen LogP contribution in [0.4, 0.5) is 0 Å². The highest BCUT2D eigenvalue weighted by Gasteiger charge is 2.52. The minimum Gasteiger partial charge on any atom is -0.508 e. The molecule has 0 aliphatic heterocycles. The third kappa shape index (κ3) is 2.11. The molecular formula is C20H30O2. The summed E-state index contributed by atoms with van der Waals surface area (Å²) in [4.78, 5) is 0. The Morgan fingerprint density at radius 3 is 2.45 bits per heavy atom. The second-order valence-electron chi connectivity index (χ2n) is 8.68. The van der Waals surface area contributed by atoms with Gasteiger partial charge in [0.15, 0.2) is 0 Å². The molecule has 2 aliphatic rings. The van der Waals surface area contributed by atoms with Crippen LogP contribution in [0.2, 0.25) is 0 Å². The summed E-state index contributed by atoms with van der Waals surface area (Å²) < 4.78 is 0. The number of rotatable bonds is 1. The van der Waals surface area contributed by atoms with Gasteiger partial charge < -0.3 is 10.2 Å². The van der Waals surface area contributed by atoms with E-state index in [2.05, 4.69) is 40.7 Å². The van der Waals surface area contributed by atoms with Crippen LogP contribution in [-0.2, 0) is 5.41 Å². The van der Waals surface area contributed by atoms with E-state index in [0.717, 1.165) is 17.5 Å². The third-order valence-electron chi connectivity index (χ3n) is 6.48. The van der Waals surface area contributed by atoms with Crippen molar-refractivity contribution in [2.75, 3.05) is 0 Å². The van der Waals surface area contributed by atoms with Crippen LogP contribution < -0.4 is 0 Å². The Bertz CT molecular complexity index is 588. The molecule has 3 atom stereocenters. The molecule has 1 fully saturated rings. The maximum atomic E-state index is 10.9. The number of fused-ring (bicyclic) bond motifs is 3. The summed E-state index contributed by atoms with van der Waals surface area (Å²) >= 11 is 0. The van der Waals surface area contributed by atoms with E-state index < -0.39 is 6.10 Å². The van der Waals surface area contributed by atoms with Gasteiger partial charge >= 0.3 is 0 Å². The molecule has 2 N–H and O–H groups in total. The standard InChI is InChI=1S/C20H30O2/c1-12(2)17-14(21)8-7-13-18(17)15(22)11-16-19(3,4)9-6-10-20(13,16)5/h7-8,12,15-16,21-22H,6,9-11H2,1-5H3. The molecule has 1 saturated carbocycles. The molecule has 3 rings (SSSR count). The number of phenols is 1. The highest BCUT2D eigenvalue weighted by Crippen LogP contribution is 2.60. The van der Waals surface area contributed by atoms with Gasteiger partial charge in [-0.1, -0.05) is 47.1 Å². The van der Waals surface area contributed by atoms with Gasteiger partial charge in [0.1, 0.15) is 5.75 Å². The van der Waals surface area contributed by atoms with Crippen molar-refractivity contribution in [2.24, 2.45) is 11.3 Å². The van der Waals surface area contributed by atoms with Crippen molar-refractivity contribution >= 4 is 0 Å². The minimum atomic E-state index is -0.449. The van der Waals surface area contributed by atoms with E-state index in [4.69, 9.17) is 0 Å².